The summed E-state index contributed by atoms with van der Waals surface area (Å²) in [5.74, 6) is 1.01. The van der Waals surface area contributed by atoms with Crippen molar-refractivity contribution in [2.75, 3.05) is 7.11 Å². The van der Waals surface area contributed by atoms with E-state index < -0.39 is 0 Å². The van der Waals surface area contributed by atoms with E-state index in [9.17, 15) is 5.11 Å². The van der Waals surface area contributed by atoms with Gasteiger partial charge in [0.1, 0.15) is 11.5 Å². The Kier molecular flexibility index (Phi) is 3.71. The van der Waals surface area contributed by atoms with Crippen LogP contribution in [-0.4, -0.2) is 17.9 Å². The van der Waals surface area contributed by atoms with Gasteiger partial charge in [0, 0.05) is 17.0 Å². The first kappa shape index (κ1) is 13.8. The van der Waals surface area contributed by atoms with E-state index in [0.717, 1.165) is 17.0 Å². The first-order chi connectivity index (χ1) is 10.2. The third-order valence-corrected chi connectivity index (χ3v) is 3.78. The monoisotopic (exact) mass is 302 g/mol. The summed E-state index contributed by atoms with van der Waals surface area (Å²) in [5.41, 5.74) is 5.69. The number of methoxy groups -OCH3 is 1. The van der Waals surface area contributed by atoms with Crippen molar-refractivity contribution in [2.45, 2.75) is 12.5 Å². The molecule has 0 aromatic heterocycles. The van der Waals surface area contributed by atoms with Gasteiger partial charge in [0.05, 0.1) is 18.9 Å². The molecule has 2 N–H and O–H groups in total. The number of hydrogen-bond acceptors (Lipinski definition) is 4. The lowest BCUT2D eigenvalue weighted by Crippen LogP contribution is -2.09. The second kappa shape index (κ2) is 5.66. The van der Waals surface area contributed by atoms with E-state index >= 15 is 0 Å². The van der Waals surface area contributed by atoms with E-state index in [4.69, 9.17) is 16.3 Å². The molecular weight excluding hydrogens is 288 g/mol. The number of benzene rings is 2. The summed E-state index contributed by atoms with van der Waals surface area (Å²) < 4.78 is 5.15. The summed E-state index contributed by atoms with van der Waals surface area (Å²) >= 11 is 5.98. The molecule has 0 saturated carbocycles. The van der Waals surface area contributed by atoms with E-state index in [1.54, 1.807) is 25.3 Å². The van der Waals surface area contributed by atoms with Gasteiger partial charge in [-0.25, -0.2) is 0 Å². The van der Waals surface area contributed by atoms with Gasteiger partial charge in [-0.3, -0.25) is 0 Å². The maximum Gasteiger partial charge on any atom is 0.124 e. The molecule has 0 aliphatic carbocycles. The molecule has 1 aliphatic rings. The van der Waals surface area contributed by atoms with Gasteiger partial charge in [-0.1, -0.05) is 23.7 Å². The lowest BCUT2D eigenvalue weighted by atomic mass is 9.98. The van der Waals surface area contributed by atoms with Crippen LogP contribution in [0.4, 0.5) is 0 Å². The molecule has 0 fully saturated rings. The van der Waals surface area contributed by atoms with Crippen LogP contribution in [0, 0.1) is 0 Å². The smallest absolute Gasteiger partial charge is 0.124 e. The van der Waals surface area contributed by atoms with Gasteiger partial charge in [-0.15, -0.1) is 0 Å². The van der Waals surface area contributed by atoms with Crippen LogP contribution in [0.2, 0.25) is 5.02 Å². The summed E-state index contributed by atoms with van der Waals surface area (Å²) in [6.45, 7) is 0. The van der Waals surface area contributed by atoms with Crippen molar-refractivity contribution in [2.24, 2.45) is 5.10 Å². The van der Waals surface area contributed by atoms with E-state index in [1.807, 2.05) is 24.3 Å². The van der Waals surface area contributed by atoms with Crippen molar-refractivity contribution in [3.05, 3.63) is 58.6 Å². The molecule has 3 rings (SSSR count). The second-order valence-corrected chi connectivity index (χ2v) is 5.32. The highest BCUT2D eigenvalue weighted by molar-refractivity contribution is 6.31. The Bertz CT molecular complexity index is 683. The Morgan fingerprint density at radius 3 is 2.71 bits per heavy atom. The molecule has 4 nitrogen and oxygen atoms in total. The summed E-state index contributed by atoms with van der Waals surface area (Å²) in [4.78, 5) is 0. The topological polar surface area (TPSA) is 53.9 Å². The third kappa shape index (κ3) is 2.81. The van der Waals surface area contributed by atoms with E-state index in [1.165, 1.54) is 0 Å². The van der Waals surface area contributed by atoms with Crippen molar-refractivity contribution in [3.8, 4) is 11.5 Å². The number of hydrazone groups is 1. The lowest BCUT2D eigenvalue weighted by molar-refractivity contribution is 0.414. The highest BCUT2D eigenvalue weighted by atomic mass is 35.5. The zero-order valence-electron chi connectivity index (χ0n) is 11.5. The predicted octanol–water partition coefficient (Wildman–Crippen LogP) is 3.49. The molecule has 0 bridgehead atoms. The SMILES string of the molecule is COc1ccc([C@@H]2CC(c3cc(Cl)ccc3O)=NN2)cc1. The average Bonchev–Trinajstić information content (AvgIpc) is 2.99. The predicted molar refractivity (Wildman–Crippen MR) is 83.1 cm³/mol. The van der Waals surface area contributed by atoms with Crippen LogP contribution in [0.1, 0.15) is 23.6 Å². The molecule has 1 heterocycles. The Balaban J connectivity index is 1.79. The zero-order valence-corrected chi connectivity index (χ0v) is 12.3. The molecule has 21 heavy (non-hydrogen) atoms. The number of ether oxygens (including phenoxy) is 1. The number of hydrogen-bond donors (Lipinski definition) is 2. The Hall–Kier alpha value is -2.20. The second-order valence-electron chi connectivity index (χ2n) is 4.88. The Morgan fingerprint density at radius 2 is 2.00 bits per heavy atom. The first-order valence-corrected chi connectivity index (χ1v) is 7.00. The summed E-state index contributed by atoms with van der Waals surface area (Å²) in [6.07, 6.45) is 0.695. The number of nitrogens with zero attached hydrogens (tertiary/aromatic N) is 1. The van der Waals surface area contributed by atoms with Gasteiger partial charge in [0.25, 0.3) is 0 Å². The molecule has 5 heteroatoms. The fraction of sp³-hybridized carbons (Fsp3) is 0.188. The van der Waals surface area contributed by atoms with Gasteiger partial charge in [0.2, 0.25) is 0 Å². The number of phenols is 1. The third-order valence-electron chi connectivity index (χ3n) is 3.54. The van der Waals surface area contributed by atoms with E-state index in [2.05, 4.69) is 10.5 Å². The van der Waals surface area contributed by atoms with Crippen LogP contribution in [-0.2, 0) is 0 Å². The largest absolute Gasteiger partial charge is 0.507 e. The highest BCUT2D eigenvalue weighted by Crippen LogP contribution is 2.30. The summed E-state index contributed by atoms with van der Waals surface area (Å²) in [6, 6.07) is 12.9. The van der Waals surface area contributed by atoms with Crippen molar-refractivity contribution in [1.29, 1.82) is 0 Å². The quantitative estimate of drug-likeness (QED) is 0.912. The van der Waals surface area contributed by atoms with Gasteiger partial charge < -0.3 is 15.3 Å². The van der Waals surface area contributed by atoms with Crippen LogP contribution in [0.25, 0.3) is 0 Å². The molecule has 0 amide bonds. The van der Waals surface area contributed by atoms with Crippen molar-refractivity contribution in [3.63, 3.8) is 0 Å². The van der Waals surface area contributed by atoms with Crippen molar-refractivity contribution >= 4 is 17.3 Å². The molecule has 2 aromatic carbocycles. The number of rotatable bonds is 3. The maximum atomic E-state index is 9.94. The summed E-state index contributed by atoms with van der Waals surface area (Å²) in [5, 5.41) is 14.8. The maximum absolute atomic E-state index is 9.94. The fourth-order valence-electron chi connectivity index (χ4n) is 2.38. The van der Waals surface area contributed by atoms with Gasteiger partial charge >= 0.3 is 0 Å². The molecule has 108 valence electrons. The van der Waals surface area contributed by atoms with Crippen LogP contribution in [0.3, 0.4) is 0 Å². The zero-order chi connectivity index (χ0) is 14.8. The van der Waals surface area contributed by atoms with E-state index in [0.29, 0.717) is 17.0 Å². The van der Waals surface area contributed by atoms with Gasteiger partial charge in [-0.2, -0.15) is 5.10 Å². The van der Waals surface area contributed by atoms with Crippen LogP contribution in [0.5, 0.6) is 11.5 Å². The minimum absolute atomic E-state index is 0.0873. The van der Waals surface area contributed by atoms with Gasteiger partial charge in [-0.05, 0) is 35.9 Å². The molecule has 0 spiro atoms. The minimum atomic E-state index is 0.0873. The Morgan fingerprint density at radius 1 is 1.24 bits per heavy atom. The number of phenolic OH excluding ortho intramolecular Hbond substituents is 1. The summed E-state index contributed by atoms with van der Waals surface area (Å²) in [7, 11) is 1.64. The van der Waals surface area contributed by atoms with Crippen LogP contribution >= 0.6 is 11.6 Å². The number of halogens is 1. The molecular formula is C16H15ClN2O2. The normalized spacial score (nSPS) is 17.2. The molecule has 1 atom stereocenters. The highest BCUT2D eigenvalue weighted by Gasteiger charge is 2.23. The van der Waals surface area contributed by atoms with Gasteiger partial charge in [0.15, 0.2) is 0 Å². The Labute approximate surface area is 128 Å². The molecule has 2 aromatic rings. The fourth-order valence-corrected chi connectivity index (χ4v) is 2.55. The molecule has 0 unspecified atom stereocenters. The van der Waals surface area contributed by atoms with Crippen molar-refractivity contribution in [1.82, 2.24) is 5.43 Å². The first-order valence-electron chi connectivity index (χ1n) is 6.62. The lowest BCUT2D eigenvalue weighted by Gasteiger charge is -2.11. The van der Waals surface area contributed by atoms with Crippen LogP contribution < -0.4 is 10.2 Å². The standard InChI is InChI=1S/C16H15ClN2O2/c1-21-12-5-2-10(3-6-12)14-9-15(19-18-14)13-8-11(17)4-7-16(13)20/h2-8,14,18,20H,9H2,1H3/t14-/m0/s1. The number of nitrogens with one attached hydrogen (secondary N) is 1. The minimum Gasteiger partial charge on any atom is -0.507 e. The van der Waals surface area contributed by atoms with Crippen molar-refractivity contribution < 1.29 is 9.84 Å². The molecule has 0 saturated heterocycles. The van der Waals surface area contributed by atoms with Crippen LogP contribution in [0.15, 0.2) is 47.6 Å². The number of aromatic hydroxyl groups is 1. The average molecular weight is 303 g/mol. The molecule has 1 aliphatic heterocycles. The molecule has 0 radical (unpaired) electrons. The van der Waals surface area contributed by atoms with E-state index in [-0.39, 0.29) is 11.8 Å².